The topological polar surface area (TPSA) is 58.6 Å². The predicted molar refractivity (Wildman–Crippen MR) is 55.0 cm³/mol. The van der Waals surface area contributed by atoms with Gasteiger partial charge in [0.1, 0.15) is 6.61 Å². The maximum atomic E-state index is 11.1. The molecule has 4 heteroatoms. The smallest absolute Gasteiger partial charge is 0.246 e. The molecule has 0 heterocycles. The van der Waals surface area contributed by atoms with Crippen LogP contribution in [0.25, 0.3) is 0 Å². The van der Waals surface area contributed by atoms with Crippen molar-refractivity contribution in [1.82, 2.24) is 5.32 Å². The average Bonchev–Trinajstić information content (AvgIpc) is 2.16. The van der Waals surface area contributed by atoms with Crippen LogP contribution >= 0.6 is 0 Å². The highest BCUT2D eigenvalue weighted by atomic mass is 16.5. The van der Waals surface area contributed by atoms with Crippen molar-refractivity contribution < 1.29 is 14.6 Å². The van der Waals surface area contributed by atoms with Gasteiger partial charge in [-0.05, 0) is 19.8 Å². The number of carbonyl (C=O) groups excluding carboxylic acids is 1. The van der Waals surface area contributed by atoms with Crippen LogP contribution in [0.5, 0.6) is 0 Å². The highest BCUT2D eigenvalue weighted by molar-refractivity contribution is 5.77. The minimum atomic E-state index is -0.819. The SMILES string of the molecule is CCCOCC(=O)NCC(C)(O)CC. The van der Waals surface area contributed by atoms with Crippen LogP contribution in [-0.4, -0.2) is 36.4 Å². The molecule has 0 saturated heterocycles. The van der Waals surface area contributed by atoms with Crippen molar-refractivity contribution in [1.29, 1.82) is 0 Å². The van der Waals surface area contributed by atoms with E-state index in [-0.39, 0.29) is 19.1 Å². The summed E-state index contributed by atoms with van der Waals surface area (Å²) in [5.74, 6) is -0.174. The summed E-state index contributed by atoms with van der Waals surface area (Å²) in [4.78, 5) is 11.1. The second-order valence-electron chi connectivity index (χ2n) is 3.68. The molecule has 0 saturated carbocycles. The van der Waals surface area contributed by atoms with E-state index in [4.69, 9.17) is 4.74 Å². The van der Waals surface area contributed by atoms with E-state index in [9.17, 15) is 9.90 Å². The molecule has 2 N–H and O–H groups in total. The molecule has 0 aromatic carbocycles. The van der Waals surface area contributed by atoms with Gasteiger partial charge in [-0.3, -0.25) is 4.79 Å². The van der Waals surface area contributed by atoms with Crippen LogP contribution in [0.2, 0.25) is 0 Å². The van der Waals surface area contributed by atoms with Gasteiger partial charge in [0, 0.05) is 13.2 Å². The molecule has 0 aliphatic rings. The summed E-state index contributed by atoms with van der Waals surface area (Å²) in [7, 11) is 0. The second-order valence-corrected chi connectivity index (χ2v) is 3.68. The minimum absolute atomic E-state index is 0.0770. The summed E-state index contributed by atoms with van der Waals surface area (Å²) in [6, 6.07) is 0. The molecule has 1 unspecified atom stereocenters. The molecule has 0 radical (unpaired) electrons. The third-order valence-corrected chi connectivity index (χ3v) is 2.01. The largest absolute Gasteiger partial charge is 0.388 e. The zero-order valence-corrected chi connectivity index (χ0v) is 9.30. The minimum Gasteiger partial charge on any atom is -0.388 e. The van der Waals surface area contributed by atoms with E-state index in [0.29, 0.717) is 13.0 Å². The Morgan fingerprint density at radius 2 is 2.14 bits per heavy atom. The van der Waals surface area contributed by atoms with Gasteiger partial charge >= 0.3 is 0 Å². The number of hydrogen-bond acceptors (Lipinski definition) is 3. The molecular weight excluding hydrogens is 182 g/mol. The molecular formula is C10H21NO3. The van der Waals surface area contributed by atoms with Crippen molar-refractivity contribution >= 4 is 5.91 Å². The van der Waals surface area contributed by atoms with Gasteiger partial charge in [-0.1, -0.05) is 13.8 Å². The Morgan fingerprint density at radius 3 is 2.64 bits per heavy atom. The quantitative estimate of drug-likeness (QED) is 0.598. The molecule has 0 aliphatic carbocycles. The van der Waals surface area contributed by atoms with Gasteiger partial charge in [-0.15, -0.1) is 0 Å². The number of ether oxygens (including phenoxy) is 1. The van der Waals surface area contributed by atoms with Crippen LogP contribution in [0.3, 0.4) is 0 Å². The first-order chi connectivity index (χ1) is 6.52. The van der Waals surface area contributed by atoms with Crippen molar-refractivity contribution in [3.8, 4) is 0 Å². The molecule has 1 atom stereocenters. The first kappa shape index (κ1) is 13.4. The van der Waals surface area contributed by atoms with Crippen LogP contribution in [0.15, 0.2) is 0 Å². The van der Waals surface area contributed by atoms with E-state index in [1.807, 2.05) is 13.8 Å². The Bertz CT molecular complexity index is 169. The zero-order valence-electron chi connectivity index (χ0n) is 9.30. The van der Waals surface area contributed by atoms with Crippen LogP contribution in [-0.2, 0) is 9.53 Å². The van der Waals surface area contributed by atoms with Crippen LogP contribution < -0.4 is 5.32 Å². The lowest BCUT2D eigenvalue weighted by Gasteiger charge is -2.21. The van der Waals surface area contributed by atoms with Gasteiger partial charge < -0.3 is 15.2 Å². The van der Waals surface area contributed by atoms with E-state index in [2.05, 4.69) is 5.32 Å². The van der Waals surface area contributed by atoms with E-state index >= 15 is 0 Å². The first-order valence-electron chi connectivity index (χ1n) is 5.08. The Balaban J connectivity index is 3.53. The molecule has 0 bridgehead atoms. The number of nitrogens with one attached hydrogen (secondary N) is 1. The maximum absolute atomic E-state index is 11.1. The summed E-state index contributed by atoms with van der Waals surface area (Å²) in [5.41, 5.74) is -0.819. The maximum Gasteiger partial charge on any atom is 0.246 e. The van der Waals surface area contributed by atoms with Crippen LogP contribution in [0.4, 0.5) is 0 Å². The number of hydrogen-bond donors (Lipinski definition) is 2. The summed E-state index contributed by atoms with van der Waals surface area (Å²) in [5, 5.41) is 12.2. The molecule has 0 spiro atoms. The molecule has 4 nitrogen and oxygen atoms in total. The lowest BCUT2D eigenvalue weighted by Crippen LogP contribution is -2.41. The van der Waals surface area contributed by atoms with E-state index in [0.717, 1.165) is 6.42 Å². The predicted octanol–water partition coefficient (Wildman–Crippen LogP) is 0.690. The number of carbonyl (C=O) groups is 1. The Kier molecular flexibility index (Phi) is 6.49. The number of aliphatic hydroxyl groups is 1. The molecule has 0 aromatic rings. The van der Waals surface area contributed by atoms with E-state index in [1.54, 1.807) is 6.92 Å². The number of amides is 1. The van der Waals surface area contributed by atoms with Gasteiger partial charge in [0.05, 0.1) is 5.60 Å². The molecule has 0 rings (SSSR count). The summed E-state index contributed by atoms with van der Waals surface area (Å²) < 4.78 is 5.05. The van der Waals surface area contributed by atoms with Crippen molar-refractivity contribution in [3.05, 3.63) is 0 Å². The lowest BCUT2D eigenvalue weighted by atomic mass is 10.0. The fourth-order valence-corrected chi connectivity index (χ4v) is 0.774. The summed E-state index contributed by atoms with van der Waals surface area (Å²) >= 11 is 0. The standard InChI is InChI=1S/C10H21NO3/c1-4-6-14-7-9(12)11-8-10(3,13)5-2/h13H,4-8H2,1-3H3,(H,11,12). The summed E-state index contributed by atoms with van der Waals surface area (Å²) in [6.45, 7) is 6.50. The molecule has 0 aliphatic heterocycles. The monoisotopic (exact) mass is 203 g/mol. The molecule has 14 heavy (non-hydrogen) atoms. The van der Waals surface area contributed by atoms with E-state index < -0.39 is 5.60 Å². The van der Waals surface area contributed by atoms with Crippen molar-refractivity contribution in [2.24, 2.45) is 0 Å². The Morgan fingerprint density at radius 1 is 1.50 bits per heavy atom. The van der Waals surface area contributed by atoms with Gasteiger partial charge in [0.25, 0.3) is 0 Å². The van der Waals surface area contributed by atoms with Gasteiger partial charge in [0.15, 0.2) is 0 Å². The van der Waals surface area contributed by atoms with Gasteiger partial charge in [0.2, 0.25) is 5.91 Å². The normalized spacial score (nSPS) is 14.9. The van der Waals surface area contributed by atoms with Crippen LogP contribution in [0, 0.1) is 0 Å². The molecule has 84 valence electrons. The Labute approximate surface area is 85.6 Å². The fraction of sp³-hybridized carbons (Fsp3) is 0.900. The van der Waals surface area contributed by atoms with Gasteiger partial charge in [-0.2, -0.15) is 0 Å². The summed E-state index contributed by atoms with van der Waals surface area (Å²) in [6.07, 6.45) is 1.52. The third kappa shape index (κ3) is 6.86. The highest BCUT2D eigenvalue weighted by Crippen LogP contribution is 2.05. The van der Waals surface area contributed by atoms with Crippen molar-refractivity contribution in [3.63, 3.8) is 0 Å². The van der Waals surface area contributed by atoms with Crippen LogP contribution in [0.1, 0.15) is 33.6 Å². The molecule has 0 fully saturated rings. The average molecular weight is 203 g/mol. The van der Waals surface area contributed by atoms with Crippen molar-refractivity contribution in [2.75, 3.05) is 19.8 Å². The van der Waals surface area contributed by atoms with Crippen molar-refractivity contribution in [2.45, 2.75) is 39.2 Å². The Hall–Kier alpha value is -0.610. The highest BCUT2D eigenvalue weighted by Gasteiger charge is 2.17. The van der Waals surface area contributed by atoms with E-state index in [1.165, 1.54) is 0 Å². The third-order valence-electron chi connectivity index (χ3n) is 2.01. The second kappa shape index (κ2) is 6.79. The fourth-order valence-electron chi connectivity index (χ4n) is 0.774. The number of rotatable bonds is 7. The zero-order chi connectivity index (χ0) is 11.0. The first-order valence-corrected chi connectivity index (χ1v) is 5.08. The van der Waals surface area contributed by atoms with Gasteiger partial charge in [-0.25, -0.2) is 0 Å². The lowest BCUT2D eigenvalue weighted by molar-refractivity contribution is -0.126. The molecule has 0 aromatic heterocycles. The molecule has 1 amide bonds.